The third-order valence-corrected chi connectivity index (χ3v) is 4.45. The van der Waals surface area contributed by atoms with Gasteiger partial charge in [0, 0.05) is 11.8 Å². The number of benzene rings is 2. The molecule has 6 nitrogen and oxygen atoms in total. The highest BCUT2D eigenvalue weighted by Gasteiger charge is 2.17. The molecule has 0 saturated heterocycles. The highest BCUT2D eigenvalue weighted by molar-refractivity contribution is 7.99. The van der Waals surface area contributed by atoms with Crippen molar-refractivity contribution in [2.45, 2.75) is 11.7 Å². The molecule has 0 spiro atoms. The SMILES string of the molecule is Nc1cc(N)nc(SCC(=O)N(Cc2ccccc2)c2ccccc2)n1. The Kier molecular flexibility index (Phi) is 5.70. The van der Waals surface area contributed by atoms with E-state index in [0.717, 1.165) is 11.3 Å². The number of anilines is 3. The van der Waals surface area contributed by atoms with Crippen molar-refractivity contribution in [2.24, 2.45) is 0 Å². The summed E-state index contributed by atoms with van der Waals surface area (Å²) < 4.78 is 0. The Morgan fingerprint density at radius 2 is 1.50 bits per heavy atom. The highest BCUT2D eigenvalue weighted by Crippen LogP contribution is 2.21. The standard InChI is InChI=1S/C19H19N5OS/c20-16-11-17(21)23-19(22-16)26-13-18(25)24(15-9-5-2-6-10-15)12-14-7-3-1-4-8-14/h1-11H,12-13H2,(H4,20,21,22,23). The smallest absolute Gasteiger partial charge is 0.237 e. The molecule has 3 rings (SSSR count). The van der Waals surface area contributed by atoms with Gasteiger partial charge in [0.2, 0.25) is 5.91 Å². The lowest BCUT2D eigenvalue weighted by molar-refractivity contribution is -0.116. The summed E-state index contributed by atoms with van der Waals surface area (Å²) in [5, 5.41) is 0.392. The molecule has 1 amide bonds. The van der Waals surface area contributed by atoms with Crippen molar-refractivity contribution in [3.05, 3.63) is 72.3 Å². The first-order valence-electron chi connectivity index (χ1n) is 8.04. The van der Waals surface area contributed by atoms with Crippen LogP contribution in [0, 0.1) is 0 Å². The van der Waals surface area contributed by atoms with E-state index in [4.69, 9.17) is 11.5 Å². The number of carbonyl (C=O) groups excluding carboxylic acids is 1. The molecule has 4 N–H and O–H groups in total. The first-order valence-corrected chi connectivity index (χ1v) is 9.02. The molecular weight excluding hydrogens is 346 g/mol. The second kappa shape index (κ2) is 8.35. The summed E-state index contributed by atoms with van der Waals surface area (Å²) in [6.07, 6.45) is 0. The molecule has 0 unspecified atom stereocenters. The van der Waals surface area contributed by atoms with Gasteiger partial charge in [0.05, 0.1) is 12.3 Å². The minimum absolute atomic E-state index is 0.0466. The van der Waals surface area contributed by atoms with Gasteiger partial charge in [-0.1, -0.05) is 60.3 Å². The van der Waals surface area contributed by atoms with Crippen LogP contribution in [0.2, 0.25) is 0 Å². The zero-order chi connectivity index (χ0) is 18.4. The van der Waals surface area contributed by atoms with Crippen LogP contribution in [0.4, 0.5) is 17.3 Å². The Hall–Kier alpha value is -3.06. The summed E-state index contributed by atoms with van der Waals surface area (Å²) in [5.41, 5.74) is 13.3. The molecule has 3 aromatic rings. The van der Waals surface area contributed by atoms with E-state index in [1.54, 1.807) is 4.90 Å². The molecule has 0 saturated carbocycles. The monoisotopic (exact) mass is 365 g/mol. The van der Waals surface area contributed by atoms with E-state index in [9.17, 15) is 4.79 Å². The summed E-state index contributed by atoms with van der Waals surface area (Å²) in [7, 11) is 0. The zero-order valence-corrected chi connectivity index (χ0v) is 14.9. The van der Waals surface area contributed by atoms with E-state index in [0.29, 0.717) is 11.7 Å². The van der Waals surface area contributed by atoms with Crippen molar-refractivity contribution < 1.29 is 4.79 Å². The van der Waals surface area contributed by atoms with Crippen LogP contribution in [-0.2, 0) is 11.3 Å². The van der Waals surface area contributed by atoms with Crippen molar-refractivity contribution in [3.8, 4) is 0 Å². The third kappa shape index (κ3) is 4.73. The van der Waals surface area contributed by atoms with Crippen molar-refractivity contribution in [2.75, 3.05) is 22.1 Å². The molecule has 0 radical (unpaired) electrons. The molecular formula is C19H19N5OS. The van der Waals surface area contributed by atoms with Crippen LogP contribution in [0.15, 0.2) is 71.9 Å². The molecule has 0 aliphatic carbocycles. The summed E-state index contributed by atoms with van der Waals surface area (Å²) in [5.74, 6) is 0.716. The quantitative estimate of drug-likeness (QED) is 0.515. The number of rotatable bonds is 6. The number of hydrogen-bond donors (Lipinski definition) is 2. The van der Waals surface area contributed by atoms with Gasteiger partial charge in [-0.3, -0.25) is 4.79 Å². The fourth-order valence-electron chi connectivity index (χ4n) is 2.43. The fraction of sp³-hybridized carbons (Fsp3) is 0.105. The lowest BCUT2D eigenvalue weighted by atomic mass is 10.2. The summed E-state index contributed by atoms with van der Waals surface area (Å²) >= 11 is 1.22. The van der Waals surface area contributed by atoms with E-state index in [-0.39, 0.29) is 23.3 Å². The van der Waals surface area contributed by atoms with Crippen molar-refractivity contribution >= 4 is 35.0 Å². The van der Waals surface area contributed by atoms with Gasteiger partial charge in [-0.25, -0.2) is 9.97 Å². The number of hydrogen-bond acceptors (Lipinski definition) is 6. The van der Waals surface area contributed by atoms with Gasteiger partial charge in [-0.2, -0.15) is 0 Å². The van der Waals surface area contributed by atoms with Gasteiger partial charge in [0.25, 0.3) is 0 Å². The van der Waals surface area contributed by atoms with Crippen LogP contribution in [0.3, 0.4) is 0 Å². The number of carbonyl (C=O) groups is 1. The van der Waals surface area contributed by atoms with E-state index in [2.05, 4.69) is 9.97 Å². The average Bonchev–Trinajstić information content (AvgIpc) is 2.65. The molecule has 0 fully saturated rings. The number of amides is 1. The number of thioether (sulfide) groups is 1. The van der Waals surface area contributed by atoms with Crippen LogP contribution in [0.25, 0.3) is 0 Å². The maximum Gasteiger partial charge on any atom is 0.237 e. The van der Waals surface area contributed by atoms with Gasteiger partial charge in [-0.05, 0) is 17.7 Å². The first kappa shape index (κ1) is 17.8. The van der Waals surface area contributed by atoms with E-state index in [1.807, 2.05) is 60.7 Å². The number of nitrogen functional groups attached to an aromatic ring is 2. The number of para-hydroxylation sites is 1. The zero-order valence-electron chi connectivity index (χ0n) is 14.1. The molecule has 132 valence electrons. The van der Waals surface area contributed by atoms with Gasteiger partial charge < -0.3 is 16.4 Å². The second-order valence-corrected chi connectivity index (χ2v) is 6.53. The normalized spacial score (nSPS) is 10.5. The molecule has 1 heterocycles. The summed E-state index contributed by atoms with van der Waals surface area (Å²) in [6.45, 7) is 0.490. The topological polar surface area (TPSA) is 98.1 Å². The van der Waals surface area contributed by atoms with Crippen molar-refractivity contribution in [1.29, 1.82) is 0 Å². The van der Waals surface area contributed by atoms with Crippen LogP contribution < -0.4 is 16.4 Å². The molecule has 26 heavy (non-hydrogen) atoms. The molecule has 0 atom stereocenters. The lowest BCUT2D eigenvalue weighted by Gasteiger charge is -2.23. The van der Waals surface area contributed by atoms with E-state index < -0.39 is 0 Å². The molecule has 0 bridgehead atoms. The van der Waals surface area contributed by atoms with Crippen LogP contribution >= 0.6 is 11.8 Å². The Labute approximate surface area is 156 Å². The third-order valence-electron chi connectivity index (χ3n) is 3.62. The second-order valence-electron chi connectivity index (χ2n) is 5.59. The number of nitrogens with zero attached hydrogens (tertiary/aromatic N) is 3. The largest absolute Gasteiger partial charge is 0.383 e. The van der Waals surface area contributed by atoms with Gasteiger partial charge >= 0.3 is 0 Å². The molecule has 0 aliphatic rings. The van der Waals surface area contributed by atoms with E-state index >= 15 is 0 Å². The molecule has 7 heteroatoms. The minimum atomic E-state index is -0.0466. The minimum Gasteiger partial charge on any atom is -0.383 e. The average molecular weight is 365 g/mol. The molecule has 2 aromatic carbocycles. The Balaban J connectivity index is 1.76. The molecule has 0 aliphatic heterocycles. The van der Waals surface area contributed by atoms with Crippen LogP contribution in [0.1, 0.15) is 5.56 Å². The number of nitrogens with two attached hydrogens (primary N) is 2. The number of aromatic nitrogens is 2. The van der Waals surface area contributed by atoms with Gasteiger partial charge in [-0.15, -0.1) is 0 Å². The van der Waals surface area contributed by atoms with Gasteiger partial charge in [0.15, 0.2) is 5.16 Å². The van der Waals surface area contributed by atoms with Gasteiger partial charge in [0.1, 0.15) is 11.6 Å². The predicted octanol–water partition coefficient (Wildman–Crippen LogP) is 2.97. The lowest BCUT2D eigenvalue weighted by Crippen LogP contribution is -2.32. The van der Waals surface area contributed by atoms with E-state index in [1.165, 1.54) is 17.8 Å². The Bertz CT molecular complexity index is 853. The van der Waals surface area contributed by atoms with Crippen molar-refractivity contribution in [1.82, 2.24) is 9.97 Å². The maximum absolute atomic E-state index is 12.9. The predicted molar refractivity (Wildman–Crippen MR) is 106 cm³/mol. The summed E-state index contributed by atoms with van der Waals surface area (Å²) in [4.78, 5) is 22.8. The summed E-state index contributed by atoms with van der Waals surface area (Å²) in [6, 6.07) is 20.9. The molecule has 1 aromatic heterocycles. The Morgan fingerprint density at radius 3 is 2.12 bits per heavy atom. The van der Waals surface area contributed by atoms with Crippen molar-refractivity contribution in [3.63, 3.8) is 0 Å². The first-order chi connectivity index (χ1) is 12.6. The Morgan fingerprint density at radius 1 is 0.923 bits per heavy atom. The fourth-order valence-corrected chi connectivity index (χ4v) is 3.18. The van der Waals surface area contributed by atoms with Crippen LogP contribution in [-0.4, -0.2) is 21.6 Å². The maximum atomic E-state index is 12.9. The highest BCUT2D eigenvalue weighted by atomic mass is 32.2. The van der Waals surface area contributed by atoms with Crippen LogP contribution in [0.5, 0.6) is 0 Å².